The van der Waals surface area contributed by atoms with Gasteiger partial charge in [0.1, 0.15) is 0 Å². The maximum Gasteiger partial charge on any atom is 0.00454 e. The van der Waals surface area contributed by atoms with E-state index >= 15 is 0 Å². The van der Waals surface area contributed by atoms with Gasteiger partial charge in [0.25, 0.3) is 0 Å². The fourth-order valence-corrected chi connectivity index (χ4v) is 5.90. The Kier molecular flexibility index (Phi) is 6.37. The van der Waals surface area contributed by atoms with E-state index in [9.17, 15) is 0 Å². The number of aryl methyl sites for hydroxylation is 4. The Balaban J connectivity index is 1.87. The summed E-state index contributed by atoms with van der Waals surface area (Å²) in [6.45, 7) is 16.0. The van der Waals surface area contributed by atoms with E-state index in [0.717, 1.165) is 25.7 Å². The minimum atomic E-state index is 0.505. The maximum absolute atomic E-state index is 4.28. The van der Waals surface area contributed by atoms with Crippen molar-refractivity contribution in [2.24, 2.45) is 11.8 Å². The molecular formula is C31H38. The monoisotopic (exact) mass is 410 g/mol. The highest BCUT2D eigenvalue weighted by molar-refractivity contribution is 5.82. The number of hydrogen-bond acceptors (Lipinski definition) is 0. The molecular weight excluding hydrogens is 372 g/mol. The largest absolute Gasteiger partial charge is 0.0984 e. The van der Waals surface area contributed by atoms with Gasteiger partial charge in [-0.2, -0.15) is 0 Å². The number of benzene rings is 2. The van der Waals surface area contributed by atoms with Crippen molar-refractivity contribution in [2.45, 2.75) is 73.1 Å². The third kappa shape index (κ3) is 3.98. The van der Waals surface area contributed by atoms with Crippen LogP contribution in [0.25, 0.3) is 11.1 Å². The molecule has 0 nitrogen and oxygen atoms in total. The molecule has 1 unspecified atom stereocenters. The molecule has 2 aliphatic rings. The lowest BCUT2D eigenvalue weighted by atomic mass is 9.69. The van der Waals surface area contributed by atoms with Crippen molar-refractivity contribution in [1.82, 2.24) is 0 Å². The second kappa shape index (κ2) is 9.03. The summed E-state index contributed by atoms with van der Waals surface area (Å²) in [5, 5.41) is 0. The summed E-state index contributed by atoms with van der Waals surface area (Å²) in [6.07, 6.45) is 8.99. The topological polar surface area (TPSA) is 0 Å². The Morgan fingerprint density at radius 3 is 1.90 bits per heavy atom. The molecule has 0 aromatic heterocycles. The summed E-state index contributed by atoms with van der Waals surface area (Å²) >= 11 is 0. The van der Waals surface area contributed by atoms with Crippen LogP contribution in [-0.2, 0) is 25.7 Å². The first kappa shape index (κ1) is 21.9. The molecule has 162 valence electrons. The molecule has 0 bridgehead atoms. The zero-order chi connectivity index (χ0) is 22.1. The smallest absolute Gasteiger partial charge is 0.00454 e. The Labute approximate surface area is 189 Å². The second-order valence-corrected chi connectivity index (χ2v) is 9.71. The van der Waals surface area contributed by atoms with E-state index in [1.165, 1.54) is 57.4 Å². The lowest BCUT2D eigenvalue weighted by molar-refractivity contribution is 0.474. The van der Waals surface area contributed by atoms with Gasteiger partial charge in [-0.3, -0.25) is 0 Å². The average molecular weight is 411 g/mol. The molecule has 2 aromatic rings. The van der Waals surface area contributed by atoms with Gasteiger partial charge >= 0.3 is 0 Å². The van der Waals surface area contributed by atoms with Crippen LogP contribution in [0.2, 0.25) is 0 Å². The average Bonchev–Trinajstić information content (AvgIpc) is 2.79. The molecule has 0 aliphatic heterocycles. The van der Waals surface area contributed by atoms with Crippen molar-refractivity contribution in [3.8, 4) is 0 Å². The predicted molar refractivity (Wildman–Crippen MR) is 136 cm³/mol. The first-order valence-corrected chi connectivity index (χ1v) is 12.3. The number of fused-ring (bicyclic) bond motifs is 2. The molecule has 1 atom stereocenters. The van der Waals surface area contributed by atoms with Crippen molar-refractivity contribution in [3.63, 3.8) is 0 Å². The zero-order valence-corrected chi connectivity index (χ0v) is 20.1. The van der Waals surface area contributed by atoms with Gasteiger partial charge in [0.05, 0.1) is 0 Å². The summed E-state index contributed by atoms with van der Waals surface area (Å²) < 4.78 is 0. The summed E-state index contributed by atoms with van der Waals surface area (Å²) in [6, 6.07) is 14.2. The first-order chi connectivity index (χ1) is 15.0. The van der Waals surface area contributed by atoms with Gasteiger partial charge in [0, 0.05) is 5.92 Å². The van der Waals surface area contributed by atoms with E-state index in [1.54, 1.807) is 11.1 Å². The second-order valence-electron chi connectivity index (χ2n) is 9.71. The van der Waals surface area contributed by atoms with Gasteiger partial charge in [-0.15, -0.1) is 0 Å². The van der Waals surface area contributed by atoms with Crippen LogP contribution in [0.4, 0.5) is 0 Å². The molecule has 0 heteroatoms. The SMILES string of the molecule is C=CC1=C(C(C2=C(C)c3cc(CC)ccc3CC2)C(C)C)CCc2ccc(CC)cc21. The highest BCUT2D eigenvalue weighted by Gasteiger charge is 2.31. The van der Waals surface area contributed by atoms with Gasteiger partial charge in [-0.05, 0) is 95.9 Å². The minimum Gasteiger partial charge on any atom is -0.0984 e. The molecule has 0 saturated carbocycles. The quantitative estimate of drug-likeness (QED) is 0.448. The number of hydrogen-bond donors (Lipinski definition) is 0. The molecule has 0 amide bonds. The van der Waals surface area contributed by atoms with Crippen LogP contribution in [0.3, 0.4) is 0 Å². The standard InChI is InChI=1S/C31H38/c1-7-22-10-12-24-14-16-27(21(6)29(24)18-22)31(20(4)5)28-17-15-25-13-11-23(8-2)19-30(25)26(28)9-3/h9-13,18-20,31H,3,7-8,14-17H2,1-2,4-6H3. The predicted octanol–water partition coefficient (Wildman–Crippen LogP) is 8.39. The Morgan fingerprint density at radius 2 is 1.35 bits per heavy atom. The third-order valence-corrected chi connectivity index (χ3v) is 7.64. The van der Waals surface area contributed by atoms with Crippen LogP contribution in [0.15, 0.2) is 60.2 Å². The lowest BCUT2D eigenvalue weighted by Gasteiger charge is -2.36. The van der Waals surface area contributed by atoms with Crippen LogP contribution in [-0.4, -0.2) is 0 Å². The summed E-state index contributed by atoms with van der Waals surface area (Å²) in [5.74, 6) is 1.09. The van der Waals surface area contributed by atoms with Crippen molar-refractivity contribution in [1.29, 1.82) is 0 Å². The van der Waals surface area contributed by atoms with E-state index in [-0.39, 0.29) is 0 Å². The molecule has 31 heavy (non-hydrogen) atoms. The Hall–Kier alpha value is -2.34. The van der Waals surface area contributed by atoms with E-state index in [0.29, 0.717) is 11.8 Å². The number of allylic oxidation sites excluding steroid dienone is 5. The maximum atomic E-state index is 4.28. The number of rotatable bonds is 6. The van der Waals surface area contributed by atoms with Crippen molar-refractivity contribution in [2.75, 3.05) is 0 Å². The third-order valence-electron chi connectivity index (χ3n) is 7.64. The fraction of sp³-hybridized carbons (Fsp3) is 0.419. The lowest BCUT2D eigenvalue weighted by Crippen LogP contribution is -2.22. The molecule has 2 aliphatic carbocycles. The Bertz CT molecular complexity index is 1060. The van der Waals surface area contributed by atoms with Gasteiger partial charge in [-0.25, -0.2) is 0 Å². The van der Waals surface area contributed by atoms with Gasteiger partial charge in [-0.1, -0.05) is 87.9 Å². The zero-order valence-electron chi connectivity index (χ0n) is 20.1. The minimum absolute atomic E-state index is 0.505. The Morgan fingerprint density at radius 1 is 0.806 bits per heavy atom. The van der Waals surface area contributed by atoms with Crippen molar-refractivity contribution >= 4 is 11.1 Å². The first-order valence-electron chi connectivity index (χ1n) is 12.3. The molecule has 0 saturated heterocycles. The molecule has 0 radical (unpaired) electrons. The van der Waals surface area contributed by atoms with E-state index < -0.39 is 0 Å². The van der Waals surface area contributed by atoms with E-state index in [1.807, 2.05) is 0 Å². The molecule has 0 N–H and O–H groups in total. The highest BCUT2D eigenvalue weighted by Crippen LogP contribution is 2.46. The van der Waals surface area contributed by atoms with Gasteiger partial charge in [0.2, 0.25) is 0 Å². The van der Waals surface area contributed by atoms with Gasteiger partial charge < -0.3 is 0 Å². The molecule has 0 heterocycles. The summed E-state index contributed by atoms with van der Waals surface area (Å²) in [7, 11) is 0. The van der Waals surface area contributed by atoms with Crippen molar-refractivity contribution < 1.29 is 0 Å². The summed E-state index contributed by atoms with van der Waals surface area (Å²) in [4.78, 5) is 0. The molecule has 0 spiro atoms. The van der Waals surface area contributed by atoms with Crippen LogP contribution in [0.1, 0.15) is 80.8 Å². The summed E-state index contributed by atoms with van der Waals surface area (Å²) in [5.41, 5.74) is 15.0. The van der Waals surface area contributed by atoms with Crippen LogP contribution < -0.4 is 0 Å². The molecule has 4 rings (SSSR count). The van der Waals surface area contributed by atoms with Gasteiger partial charge in [0.15, 0.2) is 0 Å². The highest BCUT2D eigenvalue weighted by atomic mass is 14.4. The van der Waals surface area contributed by atoms with Crippen LogP contribution >= 0.6 is 0 Å². The van der Waals surface area contributed by atoms with E-state index in [4.69, 9.17) is 0 Å². The van der Waals surface area contributed by atoms with E-state index in [2.05, 4.69) is 83.7 Å². The van der Waals surface area contributed by atoms with Crippen LogP contribution in [0, 0.1) is 11.8 Å². The van der Waals surface area contributed by atoms with Crippen LogP contribution in [0.5, 0.6) is 0 Å². The van der Waals surface area contributed by atoms with Crippen molar-refractivity contribution in [3.05, 3.63) is 93.6 Å². The molecule has 2 aromatic carbocycles. The normalized spacial score (nSPS) is 17.0. The fourth-order valence-electron chi connectivity index (χ4n) is 5.90. The molecule has 0 fully saturated rings.